The fraction of sp³-hybridized carbons (Fsp3) is 0.533. The van der Waals surface area contributed by atoms with Crippen molar-refractivity contribution < 1.29 is 13.9 Å². The number of hydrogen-bond donors (Lipinski definition) is 1. The standard InChI is InChI=1S/C15H18FNO2/c1-19-15(18)14-12(8-11-5-6-13(14)17-11)9-3-2-4-10(16)7-9/h2-4,7,11-14,17H,5-6,8H2,1H3/t11-,12-,13+,14-/m0/s1. The van der Waals surface area contributed by atoms with Crippen molar-refractivity contribution in [1.82, 2.24) is 5.32 Å². The van der Waals surface area contributed by atoms with Gasteiger partial charge in [-0.1, -0.05) is 12.1 Å². The zero-order valence-corrected chi connectivity index (χ0v) is 10.9. The quantitative estimate of drug-likeness (QED) is 0.831. The summed E-state index contributed by atoms with van der Waals surface area (Å²) in [4.78, 5) is 12.1. The fourth-order valence-corrected chi connectivity index (χ4v) is 3.60. The number of fused-ring (bicyclic) bond motifs is 2. The van der Waals surface area contributed by atoms with E-state index in [0.29, 0.717) is 6.04 Å². The second kappa shape index (κ2) is 4.93. The van der Waals surface area contributed by atoms with Gasteiger partial charge in [0.25, 0.3) is 0 Å². The Labute approximate surface area is 112 Å². The van der Waals surface area contributed by atoms with Crippen LogP contribution in [0.15, 0.2) is 24.3 Å². The van der Waals surface area contributed by atoms with Crippen molar-refractivity contribution in [3.8, 4) is 0 Å². The molecule has 1 N–H and O–H groups in total. The van der Waals surface area contributed by atoms with Crippen molar-refractivity contribution in [3.63, 3.8) is 0 Å². The van der Waals surface area contributed by atoms with Crippen LogP contribution in [0, 0.1) is 11.7 Å². The zero-order valence-electron chi connectivity index (χ0n) is 10.9. The normalized spacial score (nSPS) is 33.2. The number of methoxy groups -OCH3 is 1. The Hall–Kier alpha value is -1.42. The topological polar surface area (TPSA) is 38.3 Å². The summed E-state index contributed by atoms with van der Waals surface area (Å²) in [7, 11) is 1.42. The molecular weight excluding hydrogens is 245 g/mol. The van der Waals surface area contributed by atoms with Gasteiger partial charge in [-0.3, -0.25) is 4.79 Å². The number of hydrogen-bond acceptors (Lipinski definition) is 3. The highest BCUT2D eigenvalue weighted by atomic mass is 19.1. The Morgan fingerprint density at radius 1 is 1.42 bits per heavy atom. The molecule has 2 aliphatic heterocycles. The predicted octanol–water partition coefficient (Wildman–Crippen LogP) is 2.22. The molecule has 2 bridgehead atoms. The SMILES string of the molecule is COC(=O)[C@@H]1[C@H]2CC[C@@H](C[C@H]1c1cccc(F)c1)N2. The number of halogens is 1. The van der Waals surface area contributed by atoms with Gasteiger partial charge in [-0.2, -0.15) is 0 Å². The number of rotatable bonds is 2. The molecular formula is C15H18FNO2. The van der Waals surface area contributed by atoms with Gasteiger partial charge in [-0.05, 0) is 37.0 Å². The van der Waals surface area contributed by atoms with Crippen LogP contribution in [0.5, 0.6) is 0 Å². The molecule has 19 heavy (non-hydrogen) atoms. The zero-order chi connectivity index (χ0) is 13.4. The largest absolute Gasteiger partial charge is 0.469 e. The van der Waals surface area contributed by atoms with Crippen LogP contribution in [-0.4, -0.2) is 25.2 Å². The van der Waals surface area contributed by atoms with E-state index in [4.69, 9.17) is 4.74 Å². The lowest BCUT2D eigenvalue weighted by molar-refractivity contribution is -0.148. The minimum absolute atomic E-state index is 0.0573. The Balaban J connectivity index is 1.95. The number of benzene rings is 1. The van der Waals surface area contributed by atoms with Gasteiger partial charge in [-0.25, -0.2) is 4.39 Å². The van der Waals surface area contributed by atoms with Crippen molar-refractivity contribution in [2.75, 3.05) is 7.11 Å². The minimum atomic E-state index is -0.244. The summed E-state index contributed by atoms with van der Waals surface area (Å²) < 4.78 is 18.4. The van der Waals surface area contributed by atoms with Gasteiger partial charge < -0.3 is 10.1 Å². The molecule has 0 spiro atoms. The Morgan fingerprint density at radius 3 is 3.00 bits per heavy atom. The van der Waals surface area contributed by atoms with Gasteiger partial charge in [0.2, 0.25) is 0 Å². The minimum Gasteiger partial charge on any atom is -0.469 e. The fourth-order valence-electron chi connectivity index (χ4n) is 3.60. The van der Waals surface area contributed by atoms with Crippen molar-refractivity contribution >= 4 is 5.97 Å². The highest BCUT2D eigenvalue weighted by Crippen LogP contribution is 2.42. The summed E-state index contributed by atoms with van der Waals surface area (Å²) in [6.45, 7) is 0. The molecule has 0 radical (unpaired) electrons. The highest BCUT2D eigenvalue weighted by molar-refractivity contribution is 5.75. The van der Waals surface area contributed by atoms with Crippen LogP contribution in [0.3, 0.4) is 0 Å². The van der Waals surface area contributed by atoms with E-state index in [1.807, 2.05) is 6.07 Å². The maximum absolute atomic E-state index is 13.4. The molecule has 0 aliphatic carbocycles. The van der Waals surface area contributed by atoms with E-state index in [9.17, 15) is 9.18 Å². The molecule has 4 atom stereocenters. The molecule has 1 aromatic carbocycles. The van der Waals surface area contributed by atoms with E-state index in [1.54, 1.807) is 12.1 Å². The number of carbonyl (C=O) groups excluding carboxylic acids is 1. The van der Waals surface area contributed by atoms with Crippen LogP contribution >= 0.6 is 0 Å². The molecule has 2 saturated heterocycles. The molecule has 102 valence electrons. The lowest BCUT2D eigenvalue weighted by atomic mass is 9.77. The van der Waals surface area contributed by atoms with Gasteiger partial charge in [-0.15, -0.1) is 0 Å². The molecule has 0 aromatic heterocycles. The Bertz CT molecular complexity index is 491. The molecule has 0 saturated carbocycles. The van der Waals surface area contributed by atoms with E-state index in [0.717, 1.165) is 24.8 Å². The van der Waals surface area contributed by atoms with Gasteiger partial charge in [0.1, 0.15) is 5.82 Å². The molecule has 3 rings (SSSR count). The monoisotopic (exact) mass is 263 g/mol. The molecule has 2 heterocycles. The molecule has 3 nitrogen and oxygen atoms in total. The summed E-state index contributed by atoms with van der Waals surface area (Å²) in [5.74, 6) is -0.577. The summed E-state index contributed by atoms with van der Waals surface area (Å²) in [5, 5.41) is 3.48. The van der Waals surface area contributed by atoms with E-state index in [1.165, 1.54) is 13.2 Å². The van der Waals surface area contributed by atoms with E-state index in [-0.39, 0.29) is 29.7 Å². The van der Waals surface area contributed by atoms with Crippen LogP contribution in [0.4, 0.5) is 4.39 Å². The third-order valence-electron chi connectivity index (χ3n) is 4.43. The maximum Gasteiger partial charge on any atom is 0.310 e. The first-order valence-corrected chi connectivity index (χ1v) is 6.78. The highest BCUT2D eigenvalue weighted by Gasteiger charge is 2.46. The van der Waals surface area contributed by atoms with Gasteiger partial charge in [0, 0.05) is 18.0 Å². The number of esters is 1. The molecule has 0 unspecified atom stereocenters. The average molecular weight is 263 g/mol. The van der Waals surface area contributed by atoms with Crippen molar-refractivity contribution in [3.05, 3.63) is 35.6 Å². The Morgan fingerprint density at radius 2 is 2.26 bits per heavy atom. The molecule has 2 aliphatic rings. The van der Waals surface area contributed by atoms with Gasteiger partial charge >= 0.3 is 5.97 Å². The van der Waals surface area contributed by atoms with Crippen LogP contribution in [0.2, 0.25) is 0 Å². The molecule has 0 amide bonds. The second-order valence-electron chi connectivity index (χ2n) is 5.49. The first kappa shape index (κ1) is 12.6. The molecule has 4 heteroatoms. The second-order valence-corrected chi connectivity index (χ2v) is 5.49. The number of nitrogens with one attached hydrogen (secondary N) is 1. The van der Waals surface area contributed by atoms with Crippen LogP contribution in [-0.2, 0) is 9.53 Å². The van der Waals surface area contributed by atoms with Crippen molar-refractivity contribution in [1.29, 1.82) is 0 Å². The summed E-state index contributed by atoms with van der Waals surface area (Å²) in [6.07, 6.45) is 2.96. The predicted molar refractivity (Wildman–Crippen MR) is 69.2 cm³/mol. The van der Waals surface area contributed by atoms with Crippen LogP contribution < -0.4 is 5.32 Å². The average Bonchev–Trinajstić information content (AvgIpc) is 2.79. The molecule has 1 aromatic rings. The third-order valence-corrected chi connectivity index (χ3v) is 4.43. The molecule has 2 fully saturated rings. The summed E-state index contributed by atoms with van der Waals surface area (Å²) in [6, 6.07) is 7.22. The summed E-state index contributed by atoms with van der Waals surface area (Å²) >= 11 is 0. The first-order valence-electron chi connectivity index (χ1n) is 6.78. The van der Waals surface area contributed by atoms with E-state index in [2.05, 4.69) is 5.32 Å². The van der Waals surface area contributed by atoms with Crippen LogP contribution in [0.1, 0.15) is 30.7 Å². The third kappa shape index (κ3) is 2.25. The Kier molecular flexibility index (Phi) is 3.27. The number of carbonyl (C=O) groups is 1. The van der Waals surface area contributed by atoms with Gasteiger partial charge in [0.05, 0.1) is 13.0 Å². The first-order chi connectivity index (χ1) is 9.19. The van der Waals surface area contributed by atoms with Crippen molar-refractivity contribution in [2.24, 2.45) is 5.92 Å². The number of piperidine rings is 1. The smallest absolute Gasteiger partial charge is 0.310 e. The number of ether oxygens (including phenoxy) is 1. The summed E-state index contributed by atoms with van der Waals surface area (Å²) in [5.41, 5.74) is 0.911. The lowest BCUT2D eigenvalue weighted by Gasteiger charge is -2.36. The van der Waals surface area contributed by atoms with Crippen molar-refractivity contribution in [2.45, 2.75) is 37.3 Å². The van der Waals surface area contributed by atoms with Crippen LogP contribution in [0.25, 0.3) is 0 Å². The van der Waals surface area contributed by atoms with E-state index >= 15 is 0 Å². The maximum atomic E-state index is 13.4. The lowest BCUT2D eigenvalue weighted by Crippen LogP contribution is -2.48. The van der Waals surface area contributed by atoms with E-state index < -0.39 is 0 Å². The van der Waals surface area contributed by atoms with Gasteiger partial charge in [0.15, 0.2) is 0 Å².